The number of ether oxygens (including phenoxy) is 1. The number of rotatable bonds is 5. The van der Waals surface area contributed by atoms with E-state index in [0.29, 0.717) is 10.8 Å². The molecule has 1 atom stereocenters. The number of hydrogen-bond donors (Lipinski definition) is 1. The molecule has 0 heterocycles. The summed E-state index contributed by atoms with van der Waals surface area (Å²) in [7, 11) is 0. The van der Waals surface area contributed by atoms with Crippen molar-refractivity contribution in [1.29, 1.82) is 0 Å². The smallest absolute Gasteiger partial charge is 0.258 e. The predicted octanol–water partition coefficient (Wildman–Crippen LogP) is 4.98. The van der Waals surface area contributed by atoms with Crippen molar-refractivity contribution in [3.05, 3.63) is 62.6 Å². The van der Waals surface area contributed by atoms with Crippen LogP contribution in [0.4, 0.5) is 0 Å². The molecule has 0 unspecified atom stereocenters. The molecule has 1 amide bonds. The third-order valence-corrected chi connectivity index (χ3v) is 4.45. The first kappa shape index (κ1) is 17.8. The van der Waals surface area contributed by atoms with Gasteiger partial charge in [-0.3, -0.25) is 4.79 Å². The summed E-state index contributed by atoms with van der Waals surface area (Å²) in [4.78, 5) is 12.0. The number of aryl methyl sites for hydroxylation is 2. The van der Waals surface area contributed by atoms with E-state index in [1.54, 1.807) is 12.1 Å². The predicted molar refractivity (Wildman–Crippen MR) is 97.1 cm³/mol. The summed E-state index contributed by atoms with van der Waals surface area (Å²) in [5, 5.41) is 3.39. The highest BCUT2D eigenvalue weighted by Crippen LogP contribution is 2.27. The Kier molecular flexibility index (Phi) is 6.08. The molecule has 0 fully saturated rings. The zero-order valence-electron chi connectivity index (χ0n) is 13.3. The molecule has 0 radical (unpaired) electrons. The van der Waals surface area contributed by atoms with Crippen LogP contribution in [0.2, 0.25) is 5.02 Å². The Labute approximate surface area is 150 Å². The van der Waals surface area contributed by atoms with Gasteiger partial charge in [-0.2, -0.15) is 0 Å². The van der Waals surface area contributed by atoms with E-state index >= 15 is 0 Å². The quantitative estimate of drug-likeness (QED) is 0.774. The Morgan fingerprint density at radius 3 is 2.61 bits per heavy atom. The molecule has 0 aromatic heterocycles. The van der Waals surface area contributed by atoms with E-state index in [2.05, 4.69) is 47.2 Å². The van der Waals surface area contributed by atoms with Gasteiger partial charge in [-0.15, -0.1) is 0 Å². The molecular formula is C18H19BrClNO2. The lowest BCUT2D eigenvalue weighted by Gasteiger charge is -2.16. The first-order valence-electron chi connectivity index (χ1n) is 7.31. The number of hydrogen-bond acceptors (Lipinski definition) is 2. The van der Waals surface area contributed by atoms with E-state index in [9.17, 15) is 4.79 Å². The first-order chi connectivity index (χ1) is 10.9. The molecule has 0 saturated heterocycles. The molecule has 2 aromatic rings. The van der Waals surface area contributed by atoms with Crippen molar-refractivity contribution in [2.24, 2.45) is 0 Å². The molecule has 0 aliphatic rings. The van der Waals surface area contributed by atoms with E-state index in [1.165, 1.54) is 11.1 Å². The lowest BCUT2D eigenvalue weighted by molar-refractivity contribution is -0.123. The Bertz CT molecular complexity index is 718. The van der Waals surface area contributed by atoms with Gasteiger partial charge in [0.15, 0.2) is 6.61 Å². The van der Waals surface area contributed by atoms with Crippen LogP contribution in [0.5, 0.6) is 5.75 Å². The van der Waals surface area contributed by atoms with E-state index in [1.807, 2.05) is 19.1 Å². The van der Waals surface area contributed by atoms with Gasteiger partial charge in [-0.1, -0.05) is 45.7 Å². The van der Waals surface area contributed by atoms with Crippen LogP contribution in [0.3, 0.4) is 0 Å². The minimum Gasteiger partial charge on any atom is -0.482 e. The molecular weight excluding hydrogens is 378 g/mol. The molecule has 1 N–H and O–H groups in total. The van der Waals surface area contributed by atoms with Crippen LogP contribution in [0.15, 0.2) is 40.9 Å². The molecule has 3 nitrogen and oxygen atoms in total. The number of nitrogens with one attached hydrogen (secondary N) is 1. The number of halogens is 2. The lowest BCUT2D eigenvalue weighted by Crippen LogP contribution is -2.31. The van der Waals surface area contributed by atoms with Crippen LogP contribution in [0.25, 0.3) is 0 Å². The maximum Gasteiger partial charge on any atom is 0.258 e. The standard InChI is InChI=1S/C18H19BrClNO2/c1-11-4-5-14(8-12(11)2)13(3)21-18(22)10-23-17-7-6-15(19)9-16(17)20/h4-9,13H,10H2,1-3H3,(H,21,22)/t13-/m1/s1. The van der Waals surface area contributed by atoms with Crippen LogP contribution >= 0.6 is 27.5 Å². The molecule has 0 saturated carbocycles. The molecule has 5 heteroatoms. The monoisotopic (exact) mass is 395 g/mol. The second kappa shape index (κ2) is 7.84. The van der Waals surface area contributed by atoms with Crippen molar-refractivity contribution >= 4 is 33.4 Å². The third kappa shape index (κ3) is 4.98. The van der Waals surface area contributed by atoms with Crippen molar-refractivity contribution < 1.29 is 9.53 Å². The van der Waals surface area contributed by atoms with Gasteiger partial charge >= 0.3 is 0 Å². The van der Waals surface area contributed by atoms with Crippen LogP contribution in [-0.4, -0.2) is 12.5 Å². The van der Waals surface area contributed by atoms with Crippen molar-refractivity contribution in [3.8, 4) is 5.75 Å². The number of carbonyl (C=O) groups excluding carboxylic acids is 1. The van der Waals surface area contributed by atoms with Gasteiger partial charge in [0.05, 0.1) is 11.1 Å². The summed E-state index contributed by atoms with van der Waals surface area (Å²) in [6.07, 6.45) is 0. The second-order valence-electron chi connectivity index (χ2n) is 5.50. The van der Waals surface area contributed by atoms with Crippen LogP contribution in [0.1, 0.15) is 29.7 Å². The molecule has 0 bridgehead atoms. The lowest BCUT2D eigenvalue weighted by atomic mass is 10.0. The molecule has 122 valence electrons. The SMILES string of the molecule is Cc1ccc([C@@H](C)NC(=O)COc2ccc(Br)cc2Cl)cc1C. The van der Waals surface area contributed by atoms with Gasteiger partial charge in [-0.05, 0) is 55.7 Å². The van der Waals surface area contributed by atoms with Crippen LogP contribution in [-0.2, 0) is 4.79 Å². The van der Waals surface area contributed by atoms with E-state index in [4.69, 9.17) is 16.3 Å². The fraction of sp³-hybridized carbons (Fsp3) is 0.278. The van der Waals surface area contributed by atoms with Gasteiger partial charge in [0.1, 0.15) is 5.75 Å². The Balaban J connectivity index is 1.92. The zero-order chi connectivity index (χ0) is 17.0. The fourth-order valence-electron chi connectivity index (χ4n) is 2.14. The van der Waals surface area contributed by atoms with E-state index < -0.39 is 0 Å². The maximum atomic E-state index is 12.0. The number of carbonyl (C=O) groups is 1. The average molecular weight is 397 g/mol. The summed E-state index contributed by atoms with van der Waals surface area (Å²) in [5.41, 5.74) is 3.52. The fourth-order valence-corrected chi connectivity index (χ4v) is 2.86. The molecule has 2 rings (SSSR count). The highest BCUT2D eigenvalue weighted by Gasteiger charge is 2.12. The molecule has 0 aliphatic carbocycles. The number of amides is 1. The second-order valence-corrected chi connectivity index (χ2v) is 6.82. The zero-order valence-corrected chi connectivity index (χ0v) is 15.7. The highest BCUT2D eigenvalue weighted by molar-refractivity contribution is 9.10. The highest BCUT2D eigenvalue weighted by atomic mass is 79.9. The van der Waals surface area contributed by atoms with E-state index in [0.717, 1.165) is 10.0 Å². The van der Waals surface area contributed by atoms with Gasteiger partial charge in [0, 0.05) is 4.47 Å². The molecule has 23 heavy (non-hydrogen) atoms. The molecule has 0 aliphatic heterocycles. The largest absolute Gasteiger partial charge is 0.482 e. The van der Waals surface area contributed by atoms with Crippen molar-refractivity contribution in [1.82, 2.24) is 5.32 Å². The normalized spacial score (nSPS) is 11.9. The van der Waals surface area contributed by atoms with Crippen molar-refractivity contribution in [3.63, 3.8) is 0 Å². The van der Waals surface area contributed by atoms with Gasteiger partial charge < -0.3 is 10.1 Å². The molecule has 0 spiro atoms. The minimum absolute atomic E-state index is 0.0729. The molecule has 2 aromatic carbocycles. The minimum atomic E-state index is -0.185. The van der Waals surface area contributed by atoms with Gasteiger partial charge in [0.25, 0.3) is 5.91 Å². The summed E-state index contributed by atoms with van der Waals surface area (Å²) >= 11 is 9.39. The van der Waals surface area contributed by atoms with E-state index in [-0.39, 0.29) is 18.6 Å². The van der Waals surface area contributed by atoms with Gasteiger partial charge in [-0.25, -0.2) is 0 Å². The van der Waals surface area contributed by atoms with Crippen molar-refractivity contribution in [2.45, 2.75) is 26.8 Å². The summed E-state index contributed by atoms with van der Waals surface area (Å²) in [6, 6.07) is 11.4. The van der Waals surface area contributed by atoms with Gasteiger partial charge in [0.2, 0.25) is 0 Å². The topological polar surface area (TPSA) is 38.3 Å². The average Bonchev–Trinajstić information content (AvgIpc) is 2.49. The Hall–Kier alpha value is -1.52. The maximum absolute atomic E-state index is 12.0. The van der Waals surface area contributed by atoms with Crippen molar-refractivity contribution in [2.75, 3.05) is 6.61 Å². The number of benzene rings is 2. The Morgan fingerprint density at radius 2 is 1.96 bits per heavy atom. The summed E-state index contributed by atoms with van der Waals surface area (Å²) < 4.78 is 6.33. The Morgan fingerprint density at radius 1 is 1.22 bits per heavy atom. The third-order valence-electron chi connectivity index (χ3n) is 3.66. The van der Waals surface area contributed by atoms with Crippen LogP contribution < -0.4 is 10.1 Å². The summed E-state index contributed by atoms with van der Waals surface area (Å²) in [6.45, 7) is 6.01. The summed E-state index contributed by atoms with van der Waals surface area (Å²) in [5.74, 6) is 0.304. The first-order valence-corrected chi connectivity index (χ1v) is 8.48. The van der Waals surface area contributed by atoms with Crippen LogP contribution in [0, 0.1) is 13.8 Å².